The lowest BCUT2D eigenvalue weighted by Crippen LogP contribution is -2.54. The number of piperazine rings is 1. The van der Waals surface area contributed by atoms with Crippen molar-refractivity contribution in [2.24, 2.45) is 5.92 Å². The number of amides is 2. The van der Waals surface area contributed by atoms with Gasteiger partial charge in [-0.2, -0.15) is 0 Å². The van der Waals surface area contributed by atoms with Crippen molar-refractivity contribution >= 4 is 24.2 Å². The molecular weight excluding hydrogens is 266 g/mol. The van der Waals surface area contributed by atoms with Crippen molar-refractivity contribution in [2.45, 2.75) is 31.7 Å². The first kappa shape index (κ1) is 14.6. The molecule has 1 saturated heterocycles. The zero-order chi connectivity index (χ0) is 12.5. The molecule has 3 rings (SSSR count). The summed E-state index contributed by atoms with van der Waals surface area (Å²) in [5, 5.41) is 3.19. The summed E-state index contributed by atoms with van der Waals surface area (Å²) < 4.78 is 0. The third-order valence-electron chi connectivity index (χ3n) is 4.00. The highest BCUT2D eigenvalue weighted by Gasteiger charge is 2.36. The largest absolute Gasteiger partial charge is 0.336 e. The lowest BCUT2D eigenvalue weighted by atomic mass is 10.3. The Bertz CT molecular complexity index is 356. The van der Waals surface area contributed by atoms with Crippen LogP contribution in [0.5, 0.6) is 0 Å². The van der Waals surface area contributed by atoms with Crippen molar-refractivity contribution in [1.82, 2.24) is 15.1 Å². The summed E-state index contributed by atoms with van der Waals surface area (Å²) in [5.41, 5.74) is 0. The Morgan fingerprint density at radius 1 is 1.21 bits per heavy atom. The molecule has 0 atom stereocenters. The van der Waals surface area contributed by atoms with Crippen molar-refractivity contribution < 1.29 is 9.59 Å². The maximum Gasteiger partial charge on any atom is 0.242 e. The topological polar surface area (TPSA) is 52.7 Å². The van der Waals surface area contributed by atoms with Gasteiger partial charge in [0.15, 0.2) is 0 Å². The molecule has 108 valence electrons. The van der Waals surface area contributed by atoms with Crippen LogP contribution in [0.1, 0.15) is 25.7 Å². The van der Waals surface area contributed by atoms with E-state index in [1.165, 1.54) is 12.8 Å². The summed E-state index contributed by atoms with van der Waals surface area (Å²) in [4.78, 5) is 27.5. The molecule has 19 heavy (non-hydrogen) atoms. The van der Waals surface area contributed by atoms with Crippen molar-refractivity contribution in [1.29, 1.82) is 0 Å². The fourth-order valence-electron chi connectivity index (χ4n) is 2.49. The number of carbonyl (C=O) groups excluding carboxylic acids is 2. The Hall–Kier alpha value is -0.810. The minimum atomic E-state index is 0. The SMILES string of the molecule is Cl.O=C(CNCC1CC1)N1CCN(C2CC2)C(=O)C1. The van der Waals surface area contributed by atoms with E-state index in [0.29, 0.717) is 19.1 Å². The van der Waals surface area contributed by atoms with Crippen LogP contribution in [0.25, 0.3) is 0 Å². The molecule has 5 nitrogen and oxygen atoms in total. The summed E-state index contributed by atoms with van der Waals surface area (Å²) in [6.07, 6.45) is 4.87. The summed E-state index contributed by atoms with van der Waals surface area (Å²) in [6.45, 7) is 3.03. The Kier molecular flexibility index (Phi) is 4.68. The van der Waals surface area contributed by atoms with Crippen LogP contribution in [0.15, 0.2) is 0 Å². The van der Waals surface area contributed by atoms with Gasteiger partial charge in [0, 0.05) is 19.1 Å². The molecule has 0 aromatic rings. The normalized spacial score (nSPS) is 23.3. The molecule has 0 bridgehead atoms. The predicted octanol–water partition coefficient (Wildman–Crippen LogP) is 0.241. The molecule has 1 N–H and O–H groups in total. The highest BCUT2D eigenvalue weighted by atomic mass is 35.5. The van der Waals surface area contributed by atoms with Gasteiger partial charge in [-0.25, -0.2) is 0 Å². The number of nitrogens with one attached hydrogen (secondary N) is 1. The average molecular weight is 288 g/mol. The van der Waals surface area contributed by atoms with Crippen LogP contribution in [0.3, 0.4) is 0 Å². The van der Waals surface area contributed by atoms with Crippen LogP contribution in [0.2, 0.25) is 0 Å². The first-order valence-electron chi connectivity index (χ1n) is 7.02. The van der Waals surface area contributed by atoms with Crippen LogP contribution in [-0.2, 0) is 9.59 Å². The number of hydrogen-bond donors (Lipinski definition) is 1. The van der Waals surface area contributed by atoms with E-state index in [9.17, 15) is 9.59 Å². The number of hydrogen-bond acceptors (Lipinski definition) is 3. The Morgan fingerprint density at radius 3 is 2.53 bits per heavy atom. The summed E-state index contributed by atoms with van der Waals surface area (Å²) in [6, 6.07) is 0.475. The van der Waals surface area contributed by atoms with E-state index in [1.54, 1.807) is 4.90 Å². The summed E-state index contributed by atoms with van der Waals surface area (Å²) in [5.74, 6) is 0.977. The Balaban J connectivity index is 0.00000133. The van der Waals surface area contributed by atoms with Gasteiger partial charge in [-0.3, -0.25) is 9.59 Å². The van der Waals surface area contributed by atoms with Crippen molar-refractivity contribution in [3.8, 4) is 0 Å². The second-order valence-corrected chi connectivity index (χ2v) is 5.71. The monoisotopic (exact) mass is 287 g/mol. The molecular formula is C13H22ClN3O2. The molecule has 1 aliphatic heterocycles. The van der Waals surface area contributed by atoms with Gasteiger partial charge in [0.2, 0.25) is 11.8 Å². The first-order valence-corrected chi connectivity index (χ1v) is 7.02. The van der Waals surface area contributed by atoms with Crippen molar-refractivity contribution in [3.63, 3.8) is 0 Å². The molecule has 3 aliphatic rings. The lowest BCUT2D eigenvalue weighted by Gasteiger charge is -2.34. The standard InChI is InChI=1S/C13H21N3O2.ClH/c17-12(8-14-7-10-1-2-10)15-5-6-16(11-3-4-11)13(18)9-15;/h10-11,14H,1-9H2;1H. The van der Waals surface area contributed by atoms with E-state index >= 15 is 0 Å². The molecule has 1 heterocycles. The molecule has 3 fully saturated rings. The molecule has 0 spiro atoms. The smallest absolute Gasteiger partial charge is 0.242 e. The fraction of sp³-hybridized carbons (Fsp3) is 0.846. The van der Waals surface area contributed by atoms with E-state index in [4.69, 9.17) is 0 Å². The van der Waals surface area contributed by atoms with Crippen molar-refractivity contribution in [3.05, 3.63) is 0 Å². The predicted molar refractivity (Wildman–Crippen MR) is 74.2 cm³/mol. The van der Waals surface area contributed by atoms with E-state index in [2.05, 4.69) is 5.32 Å². The van der Waals surface area contributed by atoms with Crippen LogP contribution >= 0.6 is 12.4 Å². The minimum Gasteiger partial charge on any atom is -0.336 e. The first-order chi connectivity index (χ1) is 8.74. The lowest BCUT2D eigenvalue weighted by molar-refractivity contribution is -0.145. The van der Waals surface area contributed by atoms with E-state index in [0.717, 1.165) is 31.8 Å². The minimum absolute atomic E-state index is 0. The van der Waals surface area contributed by atoms with Crippen LogP contribution in [0.4, 0.5) is 0 Å². The highest BCUT2D eigenvalue weighted by molar-refractivity contribution is 5.87. The number of nitrogens with zero attached hydrogens (tertiary/aromatic N) is 2. The van der Waals surface area contributed by atoms with Gasteiger partial charge < -0.3 is 15.1 Å². The maximum atomic E-state index is 11.9. The summed E-state index contributed by atoms with van der Waals surface area (Å²) >= 11 is 0. The van der Waals surface area contributed by atoms with E-state index in [-0.39, 0.29) is 30.8 Å². The van der Waals surface area contributed by atoms with E-state index < -0.39 is 0 Å². The third kappa shape index (κ3) is 3.83. The van der Waals surface area contributed by atoms with Gasteiger partial charge in [0.1, 0.15) is 0 Å². The Labute approximate surface area is 120 Å². The molecule has 0 radical (unpaired) electrons. The summed E-state index contributed by atoms with van der Waals surface area (Å²) in [7, 11) is 0. The van der Waals surface area contributed by atoms with Crippen LogP contribution in [0, 0.1) is 5.92 Å². The van der Waals surface area contributed by atoms with Gasteiger partial charge in [-0.15, -0.1) is 12.4 Å². The van der Waals surface area contributed by atoms with Gasteiger partial charge >= 0.3 is 0 Å². The maximum absolute atomic E-state index is 11.9. The molecule has 2 amide bonds. The Morgan fingerprint density at radius 2 is 1.95 bits per heavy atom. The van der Waals surface area contributed by atoms with Gasteiger partial charge in [-0.1, -0.05) is 0 Å². The second-order valence-electron chi connectivity index (χ2n) is 5.71. The quantitative estimate of drug-likeness (QED) is 0.788. The molecule has 0 aromatic heterocycles. The molecule has 0 unspecified atom stereocenters. The average Bonchev–Trinajstić information content (AvgIpc) is 3.22. The van der Waals surface area contributed by atoms with E-state index in [1.807, 2.05) is 4.90 Å². The van der Waals surface area contributed by atoms with Crippen molar-refractivity contribution in [2.75, 3.05) is 32.7 Å². The molecule has 6 heteroatoms. The number of carbonyl (C=O) groups is 2. The zero-order valence-electron chi connectivity index (χ0n) is 11.1. The molecule has 0 aromatic carbocycles. The fourth-order valence-corrected chi connectivity index (χ4v) is 2.49. The second kappa shape index (κ2) is 6.09. The van der Waals surface area contributed by atoms with Gasteiger partial charge in [0.05, 0.1) is 13.1 Å². The third-order valence-corrected chi connectivity index (χ3v) is 4.00. The number of rotatable bonds is 5. The van der Waals surface area contributed by atoms with Crippen LogP contribution < -0.4 is 5.32 Å². The highest BCUT2D eigenvalue weighted by Crippen LogP contribution is 2.28. The van der Waals surface area contributed by atoms with Crippen LogP contribution in [-0.4, -0.2) is 60.4 Å². The molecule has 2 aliphatic carbocycles. The molecule has 2 saturated carbocycles. The van der Waals surface area contributed by atoms with Gasteiger partial charge in [0.25, 0.3) is 0 Å². The number of halogens is 1. The van der Waals surface area contributed by atoms with Gasteiger partial charge in [-0.05, 0) is 38.1 Å². The zero-order valence-corrected chi connectivity index (χ0v) is 12.0.